The quantitative estimate of drug-likeness (QED) is 0.918. The van der Waals surface area contributed by atoms with E-state index in [1.165, 1.54) is 11.1 Å². The average molecular weight is 297 g/mol. The highest BCUT2D eigenvalue weighted by molar-refractivity contribution is 5.24. The van der Waals surface area contributed by atoms with Crippen LogP contribution < -0.4 is 5.32 Å². The molecule has 1 N–H and O–H groups in total. The molecule has 1 fully saturated rings. The van der Waals surface area contributed by atoms with Crippen LogP contribution in [0.1, 0.15) is 24.1 Å². The van der Waals surface area contributed by atoms with Gasteiger partial charge in [-0.3, -0.25) is 0 Å². The first-order valence-electron chi connectivity index (χ1n) is 7.77. The van der Waals surface area contributed by atoms with Gasteiger partial charge in [-0.1, -0.05) is 60.7 Å². The van der Waals surface area contributed by atoms with Crippen molar-refractivity contribution in [2.45, 2.75) is 24.9 Å². The van der Waals surface area contributed by atoms with Crippen LogP contribution in [0.15, 0.2) is 60.7 Å². The molecule has 0 aromatic heterocycles. The van der Waals surface area contributed by atoms with Crippen molar-refractivity contribution in [2.24, 2.45) is 0 Å². The van der Waals surface area contributed by atoms with Crippen LogP contribution in [-0.4, -0.2) is 25.5 Å². The highest BCUT2D eigenvalue weighted by atomic mass is 16.7. The van der Waals surface area contributed by atoms with Gasteiger partial charge in [-0.05, 0) is 24.5 Å². The van der Waals surface area contributed by atoms with E-state index >= 15 is 0 Å². The zero-order valence-electron chi connectivity index (χ0n) is 13.0. The molecule has 0 saturated carbocycles. The first kappa shape index (κ1) is 15.2. The minimum absolute atomic E-state index is 0.159. The van der Waals surface area contributed by atoms with Crippen LogP contribution in [-0.2, 0) is 15.9 Å². The van der Waals surface area contributed by atoms with Crippen molar-refractivity contribution >= 4 is 0 Å². The molecule has 3 heteroatoms. The van der Waals surface area contributed by atoms with Crippen molar-refractivity contribution in [1.29, 1.82) is 0 Å². The first-order chi connectivity index (χ1) is 10.8. The predicted molar refractivity (Wildman–Crippen MR) is 87.6 cm³/mol. The second kappa shape index (κ2) is 7.05. The van der Waals surface area contributed by atoms with E-state index in [1.807, 2.05) is 0 Å². The molecule has 0 spiro atoms. The van der Waals surface area contributed by atoms with E-state index in [2.05, 4.69) is 72.9 Å². The van der Waals surface area contributed by atoms with Crippen LogP contribution >= 0.6 is 0 Å². The zero-order chi connectivity index (χ0) is 15.3. The Hall–Kier alpha value is -1.68. The van der Waals surface area contributed by atoms with Crippen LogP contribution in [0.2, 0.25) is 0 Å². The van der Waals surface area contributed by atoms with Crippen LogP contribution in [0.3, 0.4) is 0 Å². The molecule has 1 atom stereocenters. The third kappa shape index (κ3) is 3.95. The van der Waals surface area contributed by atoms with Gasteiger partial charge in [-0.15, -0.1) is 0 Å². The van der Waals surface area contributed by atoms with E-state index in [0.717, 1.165) is 6.42 Å². The Kier molecular flexibility index (Phi) is 4.88. The van der Waals surface area contributed by atoms with Crippen molar-refractivity contribution < 1.29 is 9.47 Å². The maximum Gasteiger partial charge on any atom is 0.146 e. The second-order valence-electron chi connectivity index (χ2n) is 6.17. The van der Waals surface area contributed by atoms with Crippen molar-refractivity contribution in [3.8, 4) is 0 Å². The summed E-state index contributed by atoms with van der Waals surface area (Å²) in [6.45, 7) is 3.90. The van der Waals surface area contributed by atoms with Crippen LogP contribution in [0.5, 0.6) is 0 Å². The Bertz CT molecular complexity index is 565. The monoisotopic (exact) mass is 297 g/mol. The number of benzene rings is 2. The van der Waals surface area contributed by atoms with E-state index in [-0.39, 0.29) is 11.6 Å². The van der Waals surface area contributed by atoms with Gasteiger partial charge < -0.3 is 14.8 Å². The number of nitrogens with one attached hydrogen (secondary N) is 1. The number of ether oxygens (including phenoxy) is 2. The van der Waals surface area contributed by atoms with Gasteiger partial charge in [-0.2, -0.15) is 0 Å². The molecule has 0 radical (unpaired) electrons. The summed E-state index contributed by atoms with van der Waals surface area (Å²) in [6.07, 6.45) is 0.945. The lowest BCUT2D eigenvalue weighted by Gasteiger charge is -2.38. The first-order valence-corrected chi connectivity index (χ1v) is 7.77. The highest BCUT2D eigenvalue weighted by Gasteiger charge is 2.31. The molecular formula is C19H23NO2. The summed E-state index contributed by atoms with van der Waals surface area (Å²) in [4.78, 5) is 0. The molecule has 3 rings (SSSR count). The third-order valence-corrected chi connectivity index (χ3v) is 4.02. The van der Waals surface area contributed by atoms with Gasteiger partial charge in [0.2, 0.25) is 0 Å². The Morgan fingerprint density at radius 1 is 0.955 bits per heavy atom. The van der Waals surface area contributed by atoms with E-state index in [4.69, 9.17) is 9.47 Å². The van der Waals surface area contributed by atoms with Crippen molar-refractivity contribution in [3.05, 3.63) is 71.8 Å². The fourth-order valence-corrected chi connectivity index (χ4v) is 2.93. The van der Waals surface area contributed by atoms with Crippen molar-refractivity contribution in [2.75, 3.05) is 20.0 Å². The van der Waals surface area contributed by atoms with E-state index < -0.39 is 0 Å². The minimum Gasteiger partial charge on any atom is -0.353 e. The molecule has 1 heterocycles. The van der Waals surface area contributed by atoms with Crippen LogP contribution in [0.25, 0.3) is 0 Å². The predicted octanol–water partition coefficient (Wildman–Crippen LogP) is 3.32. The minimum atomic E-state index is -0.159. The standard InChI is InChI=1S/C19H23NO2/c1-19(13-21-15-22-14-19)20-18(17-10-6-3-7-11-17)12-16-8-4-2-5-9-16/h2-11,18,20H,12-15H2,1H3/t18-/m1/s1. The molecule has 22 heavy (non-hydrogen) atoms. The van der Waals surface area contributed by atoms with E-state index in [1.54, 1.807) is 0 Å². The second-order valence-corrected chi connectivity index (χ2v) is 6.17. The smallest absolute Gasteiger partial charge is 0.146 e. The highest BCUT2D eigenvalue weighted by Crippen LogP contribution is 2.23. The molecule has 1 saturated heterocycles. The van der Waals surface area contributed by atoms with Gasteiger partial charge in [0, 0.05) is 6.04 Å². The van der Waals surface area contributed by atoms with Gasteiger partial charge in [0.25, 0.3) is 0 Å². The van der Waals surface area contributed by atoms with Gasteiger partial charge in [-0.25, -0.2) is 0 Å². The summed E-state index contributed by atoms with van der Waals surface area (Å²) in [6, 6.07) is 21.4. The number of rotatable bonds is 5. The molecule has 1 aliphatic heterocycles. The SMILES string of the molecule is CC1(N[C@H](Cc2ccccc2)c2ccccc2)COCOC1. The lowest BCUT2D eigenvalue weighted by molar-refractivity contribution is -0.141. The van der Waals surface area contributed by atoms with Gasteiger partial charge in [0.1, 0.15) is 6.79 Å². The topological polar surface area (TPSA) is 30.5 Å². The molecule has 1 aliphatic rings. The molecule has 0 unspecified atom stereocenters. The summed E-state index contributed by atoms with van der Waals surface area (Å²) in [7, 11) is 0. The van der Waals surface area contributed by atoms with E-state index in [9.17, 15) is 0 Å². The molecule has 116 valence electrons. The Balaban J connectivity index is 1.80. The van der Waals surface area contributed by atoms with E-state index in [0.29, 0.717) is 20.0 Å². The molecule has 2 aromatic rings. The Morgan fingerprint density at radius 3 is 2.18 bits per heavy atom. The zero-order valence-corrected chi connectivity index (χ0v) is 13.0. The molecule has 0 amide bonds. The van der Waals surface area contributed by atoms with Crippen LogP contribution in [0.4, 0.5) is 0 Å². The summed E-state index contributed by atoms with van der Waals surface area (Å²) in [5.74, 6) is 0. The van der Waals surface area contributed by atoms with Gasteiger partial charge >= 0.3 is 0 Å². The van der Waals surface area contributed by atoms with Gasteiger partial charge in [0.05, 0.1) is 18.8 Å². The lowest BCUT2D eigenvalue weighted by atomic mass is 9.94. The Morgan fingerprint density at radius 2 is 1.55 bits per heavy atom. The molecule has 0 aliphatic carbocycles. The largest absolute Gasteiger partial charge is 0.353 e. The maximum absolute atomic E-state index is 5.49. The van der Waals surface area contributed by atoms with Crippen molar-refractivity contribution in [3.63, 3.8) is 0 Å². The van der Waals surface area contributed by atoms with Gasteiger partial charge in [0.15, 0.2) is 0 Å². The normalized spacial score (nSPS) is 18.8. The average Bonchev–Trinajstić information content (AvgIpc) is 2.56. The molecule has 0 bridgehead atoms. The summed E-state index contributed by atoms with van der Waals surface area (Å²) in [5, 5.41) is 3.75. The number of hydrogen-bond donors (Lipinski definition) is 1. The fourth-order valence-electron chi connectivity index (χ4n) is 2.93. The third-order valence-electron chi connectivity index (χ3n) is 4.02. The summed E-state index contributed by atoms with van der Waals surface area (Å²) >= 11 is 0. The summed E-state index contributed by atoms with van der Waals surface area (Å²) in [5.41, 5.74) is 2.45. The maximum atomic E-state index is 5.49. The molecule has 2 aromatic carbocycles. The molecule has 3 nitrogen and oxygen atoms in total. The number of hydrogen-bond acceptors (Lipinski definition) is 3. The fraction of sp³-hybridized carbons (Fsp3) is 0.368. The van der Waals surface area contributed by atoms with Crippen molar-refractivity contribution in [1.82, 2.24) is 5.32 Å². The summed E-state index contributed by atoms with van der Waals surface area (Å²) < 4.78 is 11.0. The molecular weight excluding hydrogens is 274 g/mol. The lowest BCUT2D eigenvalue weighted by Crippen LogP contribution is -2.54. The Labute approximate surface area is 132 Å². The van der Waals surface area contributed by atoms with Crippen LogP contribution in [0, 0.1) is 0 Å².